The molecule has 1 aromatic carbocycles. The van der Waals surface area contributed by atoms with Crippen LogP contribution in [-0.4, -0.2) is 18.9 Å². The number of rotatable bonds is 2. The SMILES string of the molecule is COc1cc(N2C(=O)C3=C(CCCC3)C2=O)ccc1Cl. The fourth-order valence-corrected chi connectivity index (χ4v) is 2.96. The molecule has 3 rings (SSSR count). The van der Waals surface area contributed by atoms with Crippen molar-refractivity contribution in [3.8, 4) is 5.75 Å². The predicted octanol–water partition coefficient (Wildman–Crippen LogP) is 3.09. The van der Waals surface area contributed by atoms with E-state index >= 15 is 0 Å². The summed E-state index contributed by atoms with van der Waals surface area (Å²) in [6.07, 6.45) is 3.33. The molecule has 0 aromatic heterocycles. The van der Waals surface area contributed by atoms with E-state index in [1.165, 1.54) is 12.0 Å². The summed E-state index contributed by atoms with van der Waals surface area (Å²) in [6, 6.07) is 4.92. The van der Waals surface area contributed by atoms with E-state index in [-0.39, 0.29) is 11.8 Å². The first-order valence-corrected chi connectivity index (χ1v) is 6.95. The van der Waals surface area contributed by atoms with Gasteiger partial charge in [-0.05, 0) is 37.8 Å². The molecule has 2 amide bonds. The number of ether oxygens (including phenoxy) is 1. The zero-order chi connectivity index (χ0) is 14.3. The highest BCUT2D eigenvalue weighted by Gasteiger charge is 2.39. The molecule has 0 saturated heterocycles. The Kier molecular flexibility index (Phi) is 3.26. The summed E-state index contributed by atoms with van der Waals surface area (Å²) in [4.78, 5) is 26.0. The van der Waals surface area contributed by atoms with Crippen molar-refractivity contribution in [3.63, 3.8) is 0 Å². The number of nitrogens with zero attached hydrogens (tertiary/aromatic N) is 1. The Morgan fingerprint density at radius 2 is 1.70 bits per heavy atom. The van der Waals surface area contributed by atoms with Crippen molar-refractivity contribution in [2.45, 2.75) is 25.7 Å². The maximum atomic E-state index is 12.4. The second-order valence-electron chi connectivity index (χ2n) is 4.93. The first-order valence-electron chi connectivity index (χ1n) is 6.58. The van der Waals surface area contributed by atoms with Crippen LogP contribution in [0.3, 0.4) is 0 Å². The monoisotopic (exact) mass is 291 g/mol. The normalized spacial score (nSPS) is 18.6. The van der Waals surface area contributed by atoms with Crippen LogP contribution in [0.4, 0.5) is 5.69 Å². The van der Waals surface area contributed by atoms with Crippen molar-refractivity contribution in [3.05, 3.63) is 34.4 Å². The molecule has 0 unspecified atom stereocenters. The van der Waals surface area contributed by atoms with Crippen LogP contribution < -0.4 is 9.64 Å². The van der Waals surface area contributed by atoms with E-state index in [4.69, 9.17) is 16.3 Å². The van der Waals surface area contributed by atoms with Gasteiger partial charge in [0.1, 0.15) is 5.75 Å². The fraction of sp³-hybridized carbons (Fsp3) is 0.333. The summed E-state index contributed by atoms with van der Waals surface area (Å²) < 4.78 is 5.14. The Labute approximate surface area is 122 Å². The average molecular weight is 292 g/mol. The maximum absolute atomic E-state index is 12.4. The van der Waals surface area contributed by atoms with E-state index in [2.05, 4.69) is 0 Å². The van der Waals surface area contributed by atoms with Gasteiger partial charge in [-0.25, -0.2) is 4.90 Å². The lowest BCUT2D eigenvalue weighted by molar-refractivity contribution is -0.120. The minimum Gasteiger partial charge on any atom is -0.495 e. The van der Waals surface area contributed by atoms with Gasteiger partial charge in [0.05, 0.1) is 17.8 Å². The van der Waals surface area contributed by atoms with E-state index in [9.17, 15) is 9.59 Å². The molecule has 2 aliphatic rings. The van der Waals surface area contributed by atoms with Crippen LogP contribution in [0.25, 0.3) is 0 Å². The minimum absolute atomic E-state index is 0.200. The third-order valence-corrected chi connectivity index (χ3v) is 4.10. The second kappa shape index (κ2) is 4.94. The predicted molar refractivity (Wildman–Crippen MR) is 76.0 cm³/mol. The lowest BCUT2D eigenvalue weighted by Crippen LogP contribution is -2.31. The molecule has 1 aromatic rings. The molecule has 0 spiro atoms. The van der Waals surface area contributed by atoms with E-state index in [0.717, 1.165) is 12.8 Å². The molecule has 0 bridgehead atoms. The number of methoxy groups -OCH3 is 1. The van der Waals surface area contributed by atoms with Crippen LogP contribution in [0.5, 0.6) is 5.75 Å². The maximum Gasteiger partial charge on any atom is 0.261 e. The van der Waals surface area contributed by atoms with Crippen molar-refractivity contribution in [1.29, 1.82) is 0 Å². The number of halogens is 1. The standard InChI is InChI=1S/C15H14ClNO3/c1-20-13-8-9(6-7-12(13)16)17-14(18)10-4-2-3-5-11(10)15(17)19/h6-8H,2-5H2,1H3. The number of hydrogen-bond acceptors (Lipinski definition) is 3. The van der Waals surface area contributed by atoms with Gasteiger partial charge >= 0.3 is 0 Å². The molecule has 1 aliphatic heterocycles. The molecule has 20 heavy (non-hydrogen) atoms. The van der Waals surface area contributed by atoms with Gasteiger partial charge in [-0.1, -0.05) is 11.6 Å². The number of imide groups is 1. The Morgan fingerprint density at radius 3 is 2.25 bits per heavy atom. The number of anilines is 1. The van der Waals surface area contributed by atoms with Crippen molar-refractivity contribution < 1.29 is 14.3 Å². The Morgan fingerprint density at radius 1 is 1.10 bits per heavy atom. The van der Waals surface area contributed by atoms with Crippen LogP contribution in [0, 0.1) is 0 Å². The Balaban J connectivity index is 2.00. The number of amides is 2. The minimum atomic E-state index is -0.200. The number of hydrogen-bond donors (Lipinski definition) is 0. The van der Waals surface area contributed by atoms with Gasteiger partial charge in [-0.15, -0.1) is 0 Å². The van der Waals surface area contributed by atoms with Gasteiger partial charge in [0.25, 0.3) is 11.8 Å². The third kappa shape index (κ3) is 1.91. The smallest absolute Gasteiger partial charge is 0.261 e. The molecule has 0 N–H and O–H groups in total. The van der Waals surface area contributed by atoms with Gasteiger partial charge in [0.15, 0.2) is 0 Å². The molecule has 1 heterocycles. The molecular formula is C15H14ClNO3. The van der Waals surface area contributed by atoms with Crippen LogP contribution in [0.1, 0.15) is 25.7 Å². The molecular weight excluding hydrogens is 278 g/mol. The summed E-state index contributed by atoms with van der Waals surface area (Å²) >= 11 is 5.97. The third-order valence-electron chi connectivity index (χ3n) is 3.78. The molecule has 104 valence electrons. The van der Waals surface area contributed by atoms with Gasteiger partial charge in [-0.3, -0.25) is 9.59 Å². The first kappa shape index (κ1) is 13.2. The molecule has 4 nitrogen and oxygen atoms in total. The van der Waals surface area contributed by atoms with E-state index in [1.807, 2.05) is 0 Å². The number of benzene rings is 1. The first-order chi connectivity index (χ1) is 9.63. The van der Waals surface area contributed by atoms with Crippen molar-refractivity contribution >= 4 is 29.1 Å². The molecule has 1 aliphatic carbocycles. The highest BCUT2D eigenvalue weighted by atomic mass is 35.5. The van der Waals surface area contributed by atoms with Crippen LogP contribution in [-0.2, 0) is 9.59 Å². The molecule has 0 radical (unpaired) electrons. The number of carbonyl (C=O) groups excluding carboxylic acids is 2. The quantitative estimate of drug-likeness (QED) is 0.787. The lowest BCUT2D eigenvalue weighted by atomic mass is 9.93. The summed E-state index contributed by atoms with van der Waals surface area (Å²) in [5.74, 6) is 0.0535. The highest BCUT2D eigenvalue weighted by Crippen LogP contribution is 2.37. The summed E-state index contributed by atoms with van der Waals surface area (Å²) in [5, 5.41) is 0.452. The topological polar surface area (TPSA) is 46.6 Å². The van der Waals surface area contributed by atoms with E-state index < -0.39 is 0 Å². The molecule has 0 saturated carbocycles. The van der Waals surface area contributed by atoms with E-state index in [1.54, 1.807) is 18.2 Å². The lowest BCUT2D eigenvalue weighted by Gasteiger charge is -2.16. The summed E-state index contributed by atoms with van der Waals surface area (Å²) in [6.45, 7) is 0. The molecule has 5 heteroatoms. The van der Waals surface area contributed by atoms with Gasteiger partial charge in [-0.2, -0.15) is 0 Å². The van der Waals surface area contributed by atoms with Crippen LogP contribution in [0.15, 0.2) is 29.3 Å². The largest absolute Gasteiger partial charge is 0.495 e. The average Bonchev–Trinajstić information content (AvgIpc) is 2.72. The second-order valence-corrected chi connectivity index (χ2v) is 5.34. The molecule has 0 atom stereocenters. The number of carbonyl (C=O) groups is 2. The summed E-state index contributed by atoms with van der Waals surface area (Å²) in [5.41, 5.74) is 1.86. The van der Waals surface area contributed by atoms with Gasteiger partial charge < -0.3 is 4.74 Å². The zero-order valence-corrected chi connectivity index (χ0v) is 11.9. The molecule has 0 fully saturated rings. The van der Waals surface area contributed by atoms with Crippen molar-refractivity contribution in [1.82, 2.24) is 0 Å². The fourth-order valence-electron chi connectivity index (χ4n) is 2.76. The Bertz CT molecular complexity index is 608. The van der Waals surface area contributed by atoms with Gasteiger partial charge in [0.2, 0.25) is 0 Å². The van der Waals surface area contributed by atoms with Crippen molar-refractivity contribution in [2.75, 3.05) is 12.0 Å². The van der Waals surface area contributed by atoms with Crippen LogP contribution in [0.2, 0.25) is 5.02 Å². The highest BCUT2D eigenvalue weighted by molar-refractivity contribution is 6.34. The zero-order valence-electron chi connectivity index (χ0n) is 11.1. The van der Waals surface area contributed by atoms with Gasteiger partial charge in [0, 0.05) is 17.2 Å². The van der Waals surface area contributed by atoms with E-state index in [0.29, 0.717) is 40.4 Å². The van der Waals surface area contributed by atoms with Crippen molar-refractivity contribution in [2.24, 2.45) is 0 Å². The summed E-state index contributed by atoms with van der Waals surface area (Å²) in [7, 11) is 1.50. The Hall–Kier alpha value is -1.81. The van der Waals surface area contributed by atoms with Crippen LogP contribution >= 0.6 is 11.6 Å².